The maximum absolute atomic E-state index is 14.2. The van der Waals surface area contributed by atoms with Crippen molar-refractivity contribution in [2.24, 2.45) is 17.8 Å². The van der Waals surface area contributed by atoms with Crippen LogP contribution in [0.25, 0.3) is 33.6 Å². The van der Waals surface area contributed by atoms with E-state index in [-0.39, 0.29) is 41.8 Å². The Kier molecular flexibility index (Phi) is 11.0. The van der Waals surface area contributed by atoms with Crippen LogP contribution in [0.3, 0.4) is 0 Å². The van der Waals surface area contributed by atoms with E-state index in [1.54, 1.807) is 11.2 Å². The van der Waals surface area contributed by atoms with Crippen LogP contribution >= 0.6 is 0 Å². The number of amides is 4. The van der Waals surface area contributed by atoms with E-state index in [4.69, 9.17) is 14.5 Å². The predicted molar refractivity (Wildman–Crippen MR) is 213 cm³/mol. The van der Waals surface area contributed by atoms with E-state index < -0.39 is 24.3 Å². The number of rotatable bonds is 11. The summed E-state index contributed by atoms with van der Waals surface area (Å²) in [4.78, 5) is 69.8. The molecule has 4 amide bonds. The molecule has 0 bridgehead atoms. The van der Waals surface area contributed by atoms with Gasteiger partial charge in [-0.2, -0.15) is 0 Å². The molecule has 16 nitrogen and oxygen atoms in total. The lowest BCUT2D eigenvalue weighted by molar-refractivity contribution is -0.149. The highest BCUT2D eigenvalue weighted by Gasteiger charge is 2.56. The summed E-state index contributed by atoms with van der Waals surface area (Å²) in [5, 5.41) is 18.0. The van der Waals surface area contributed by atoms with Crippen molar-refractivity contribution in [1.29, 1.82) is 0 Å². The summed E-state index contributed by atoms with van der Waals surface area (Å²) in [5.74, 6) is 1.18. The number of H-pyrrole nitrogens is 2. The van der Waals surface area contributed by atoms with Crippen molar-refractivity contribution >= 4 is 24.0 Å². The number of methoxy groups -OCH3 is 1. The second-order valence-electron chi connectivity index (χ2n) is 16.2. The molecule has 2 aromatic heterocycles. The molecule has 8 rings (SSSR count). The fourth-order valence-electron chi connectivity index (χ4n) is 8.92. The number of benzene rings is 2. The Hall–Kier alpha value is -5.74. The number of aromatic nitrogens is 4. The molecule has 4 fully saturated rings. The van der Waals surface area contributed by atoms with Gasteiger partial charge in [0.1, 0.15) is 29.8 Å². The third kappa shape index (κ3) is 7.77. The Morgan fingerprint density at radius 2 is 1.38 bits per heavy atom. The van der Waals surface area contributed by atoms with Gasteiger partial charge in [-0.3, -0.25) is 14.6 Å². The Labute approximate surface area is 336 Å². The summed E-state index contributed by atoms with van der Waals surface area (Å²) >= 11 is 0. The number of nitrogens with zero attached hydrogens (tertiary/aromatic N) is 5. The van der Waals surface area contributed by atoms with Crippen molar-refractivity contribution < 1.29 is 33.8 Å². The van der Waals surface area contributed by atoms with Crippen LogP contribution in [0.2, 0.25) is 0 Å². The molecular weight excluding hydrogens is 743 g/mol. The predicted octanol–water partition coefficient (Wildman–Crippen LogP) is 5.36. The third-order valence-electron chi connectivity index (χ3n) is 12.2. The molecule has 6 atom stereocenters. The van der Waals surface area contributed by atoms with E-state index in [0.29, 0.717) is 50.8 Å². The van der Waals surface area contributed by atoms with Gasteiger partial charge in [-0.25, -0.2) is 24.6 Å². The highest BCUT2D eigenvalue weighted by atomic mass is 16.5. The molecule has 0 spiro atoms. The summed E-state index contributed by atoms with van der Waals surface area (Å²) < 4.78 is 10.4. The molecule has 5 N–H and O–H groups in total. The van der Waals surface area contributed by atoms with Crippen molar-refractivity contribution in [3.05, 3.63) is 72.6 Å². The lowest BCUT2D eigenvalue weighted by Crippen LogP contribution is -2.54. The smallest absolute Gasteiger partial charge is 0.407 e. The van der Waals surface area contributed by atoms with Gasteiger partial charge in [0.25, 0.3) is 5.91 Å². The number of nitrogens with one attached hydrogen (secondary N) is 4. The zero-order valence-electron chi connectivity index (χ0n) is 33.2. The van der Waals surface area contributed by atoms with E-state index in [0.717, 1.165) is 52.3 Å². The van der Waals surface area contributed by atoms with Gasteiger partial charge in [0.15, 0.2) is 0 Å². The first-order valence-corrected chi connectivity index (χ1v) is 20.1. The minimum atomic E-state index is -1.23. The number of hydrazine groups is 1. The molecule has 16 heteroatoms. The number of alkyl carbamates (subject to hydrolysis) is 1. The minimum absolute atomic E-state index is 0.0250. The zero-order chi connectivity index (χ0) is 40.7. The normalized spacial score (nSPS) is 23.1. The maximum atomic E-state index is 14.2. The quantitative estimate of drug-likeness (QED) is 0.132. The molecule has 2 aromatic carbocycles. The van der Waals surface area contributed by atoms with Crippen LogP contribution in [-0.2, 0) is 19.1 Å². The molecule has 1 aliphatic carbocycles. The minimum Gasteiger partial charge on any atom is -0.465 e. The Bertz CT molecular complexity index is 2130. The van der Waals surface area contributed by atoms with Crippen molar-refractivity contribution in [2.75, 3.05) is 33.9 Å². The van der Waals surface area contributed by atoms with Gasteiger partial charge in [-0.15, -0.1) is 0 Å². The number of hydrogen-bond donors (Lipinski definition) is 5. The highest BCUT2D eigenvalue weighted by Crippen LogP contribution is 2.53. The number of carbonyl (C=O) groups excluding carboxylic acids is 3. The van der Waals surface area contributed by atoms with Gasteiger partial charge >= 0.3 is 12.2 Å². The van der Waals surface area contributed by atoms with Crippen molar-refractivity contribution in [2.45, 2.75) is 76.2 Å². The van der Waals surface area contributed by atoms with E-state index >= 15 is 0 Å². The first kappa shape index (κ1) is 39.1. The Balaban J connectivity index is 0.935. The average molecular weight is 794 g/mol. The molecule has 1 saturated carbocycles. The number of ether oxygens (including phenoxy) is 2. The van der Waals surface area contributed by atoms with Gasteiger partial charge in [-0.05, 0) is 72.1 Å². The molecule has 306 valence electrons. The highest BCUT2D eigenvalue weighted by molar-refractivity contribution is 5.87. The van der Waals surface area contributed by atoms with E-state index in [1.165, 1.54) is 7.11 Å². The number of aromatic amines is 2. The van der Waals surface area contributed by atoms with Gasteiger partial charge in [-0.1, -0.05) is 62.4 Å². The topological polar surface area (TPSA) is 198 Å². The van der Waals surface area contributed by atoms with E-state index in [9.17, 15) is 24.3 Å². The van der Waals surface area contributed by atoms with Gasteiger partial charge in [0.2, 0.25) is 5.91 Å². The maximum Gasteiger partial charge on any atom is 0.407 e. The van der Waals surface area contributed by atoms with Crippen molar-refractivity contribution in [3.63, 3.8) is 0 Å². The second kappa shape index (κ2) is 16.3. The number of fused-ring (bicyclic) bond motifs is 1. The summed E-state index contributed by atoms with van der Waals surface area (Å²) in [7, 11) is 3.14. The average Bonchev–Trinajstić information content (AvgIpc) is 3.71. The second-order valence-corrected chi connectivity index (χ2v) is 16.2. The number of imidazole rings is 2. The van der Waals surface area contributed by atoms with E-state index in [2.05, 4.69) is 62.0 Å². The van der Waals surface area contributed by atoms with Crippen LogP contribution in [0.15, 0.2) is 60.9 Å². The molecule has 4 aliphatic rings. The Morgan fingerprint density at radius 1 is 0.810 bits per heavy atom. The molecular formula is C42H51N9O7. The molecule has 4 aromatic rings. The van der Waals surface area contributed by atoms with E-state index in [1.807, 2.05) is 49.1 Å². The number of carbonyl (C=O) groups is 4. The van der Waals surface area contributed by atoms with Crippen LogP contribution in [0, 0.1) is 17.8 Å². The first-order chi connectivity index (χ1) is 28.0. The molecule has 3 saturated heterocycles. The molecule has 3 aliphatic heterocycles. The third-order valence-corrected chi connectivity index (χ3v) is 12.2. The standard InChI is InChI=1S/C42H51N9O7/c1-23(2)35(47-41(54)55)40(53)51-32(13-16-49(51)3)37-43-21-30(45-37)26-9-5-24(6-10-26)25-7-11-27(12-8-25)31-22-44-38(46-31)34-20-29-19-33(29)50(34)39(52)36(48-42(56)57-4)28-14-17-58-18-15-28/h5-12,21-23,28-29,32-36,47H,13-20H2,1-4H3,(H,43,45)(H,44,46)(H,48,56)(H,54,55)/t29-,32+,33-,34+,35+,36+/m1/s1. The molecule has 0 radical (unpaired) electrons. The molecule has 58 heavy (non-hydrogen) atoms. The van der Waals surface area contributed by atoms with Crippen LogP contribution in [-0.4, -0.2) is 116 Å². The zero-order valence-corrected chi connectivity index (χ0v) is 33.2. The number of hydrogen-bond acceptors (Lipinski definition) is 9. The van der Waals surface area contributed by atoms with Gasteiger partial charge < -0.3 is 40.1 Å². The van der Waals surface area contributed by atoms with Crippen molar-refractivity contribution in [3.8, 4) is 33.6 Å². The van der Waals surface area contributed by atoms with Crippen molar-refractivity contribution in [1.82, 2.24) is 45.5 Å². The van der Waals surface area contributed by atoms with Crippen LogP contribution in [0.4, 0.5) is 9.59 Å². The van der Waals surface area contributed by atoms with Crippen LogP contribution in [0.5, 0.6) is 0 Å². The largest absolute Gasteiger partial charge is 0.465 e. The first-order valence-electron chi connectivity index (χ1n) is 20.1. The van der Waals surface area contributed by atoms with Gasteiger partial charge in [0.05, 0.1) is 36.9 Å². The summed E-state index contributed by atoms with van der Waals surface area (Å²) in [6.45, 7) is 5.39. The number of piperidine rings is 1. The fourth-order valence-corrected chi connectivity index (χ4v) is 8.92. The molecule has 0 unspecified atom stereocenters. The summed E-state index contributed by atoms with van der Waals surface area (Å²) in [6.07, 6.45) is 5.60. The fraction of sp³-hybridized carbons (Fsp3) is 0.476. The summed E-state index contributed by atoms with van der Waals surface area (Å²) in [6, 6.07) is 14.5. The SMILES string of the molecule is COC(=O)N[C@H](C(=O)N1[C@@H]2C[C@@H]2C[C@H]1c1ncc(-c2ccc(-c3ccc(-c4cnc([C@@H]5CCN(C)N5C(=O)[C@@H](NC(=O)O)C(C)C)[nH]4)cc3)cc2)[nH]1)C1CCOCC1. The molecule has 5 heterocycles. The lowest BCUT2D eigenvalue weighted by atomic mass is 9.90. The van der Waals surface area contributed by atoms with Gasteiger partial charge in [0, 0.05) is 32.8 Å². The van der Waals surface area contributed by atoms with Crippen LogP contribution < -0.4 is 10.6 Å². The number of carboxylic acid groups (broad SMARTS) is 1. The summed E-state index contributed by atoms with van der Waals surface area (Å²) in [5.41, 5.74) is 5.68. The Morgan fingerprint density at radius 3 is 1.93 bits per heavy atom. The number of likely N-dealkylation sites (tertiary alicyclic amines) is 1. The lowest BCUT2D eigenvalue weighted by Gasteiger charge is -2.35. The van der Waals surface area contributed by atoms with Crippen LogP contribution in [0.1, 0.15) is 69.7 Å². The monoisotopic (exact) mass is 793 g/mol.